The molecule has 0 aromatic rings. The summed E-state index contributed by atoms with van der Waals surface area (Å²) in [6.07, 6.45) is 2.70. The first-order valence-electron chi connectivity index (χ1n) is 7.14. The molecule has 20 heavy (non-hydrogen) atoms. The lowest BCUT2D eigenvalue weighted by molar-refractivity contribution is -0.137. The smallest absolute Gasteiger partial charge is 0.317 e. The number of amides is 2. The summed E-state index contributed by atoms with van der Waals surface area (Å²) in [6.45, 7) is 5.71. The van der Waals surface area contributed by atoms with Crippen LogP contribution in [0.5, 0.6) is 0 Å². The fourth-order valence-corrected chi connectivity index (χ4v) is 2.22. The highest BCUT2D eigenvalue weighted by Gasteiger charge is 2.24. The number of nitrogens with zero attached hydrogens (tertiary/aromatic N) is 1. The van der Waals surface area contributed by atoms with E-state index >= 15 is 0 Å². The first-order valence-corrected chi connectivity index (χ1v) is 7.14. The van der Waals surface area contributed by atoms with Crippen LogP contribution < -0.4 is 5.32 Å². The van der Waals surface area contributed by atoms with E-state index in [1.807, 2.05) is 13.8 Å². The van der Waals surface area contributed by atoms with E-state index in [1.54, 1.807) is 12.0 Å². The van der Waals surface area contributed by atoms with E-state index in [2.05, 4.69) is 5.32 Å². The maximum absolute atomic E-state index is 12.0. The molecule has 1 heterocycles. The summed E-state index contributed by atoms with van der Waals surface area (Å²) >= 11 is 0. The Labute approximate surface area is 120 Å². The first-order chi connectivity index (χ1) is 9.34. The molecule has 1 aliphatic heterocycles. The third-order valence-electron chi connectivity index (χ3n) is 3.89. The summed E-state index contributed by atoms with van der Waals surface area (Å²) in [5, 5.41) is 11.5. The number of carbonyl (C=O) groups is 2. The van der Waals surface area contributed by atoms with Crippen molar-refractivity contribution in [3.8, 4) is 0 Å². The van der Waals surface area contributed by atoms with Gasteiger partial charge in [-0.25, -0.2) is 4.79 Å². The Bertz CT molecular complexity index is 336. The number of aliphatic carboxylic acids is 1. The number of carbonyl (C=O) groups excluding carboxylic acids is 1. The quantitative estimate of drug-likeness (QED) is 0.779. The van der Waals surface area contributed by atoms with Crippen molar-refractivity contribution in [2.75, 3.05) is 26.7 Å². The van der Waals surface area contributed by atoms with Crippen LogP contribution in [0.4, 0.5) is 4.79 Å². The second kappa shape index (κ2) is 7.47. The highest BCUT2D eigenvalue weighted by molar-refractivity contribution is 5.74. The van der Waals surface area contributed by atoms with Gasteiger partial charge in [-0.15, -0.1) is 0 Å². The van der Waals surface area contributed by atoms with Gasteiger partial charge < -0.3 is 20.1 Å². The monoisotopic (exact) mass is 286 g/mol. The minimum atomic E-state index is -0.744. The third kappa shape index (κ3) is 5.77. The number of urea groups is 1. The number of hydrogen-bond donors (Lipinski definition) is 2. The third-order valence-corrected chi connectivity index (χ3v) is 3.89. The summed E-state index contributed by atoms with van der Waals surface area (Å²) in [4.78, 5) is 24.3. The predicted molar refractivity (Wildman–Crippen MR) is 75.7 cm³/mol. The second-order valence-electron chi connectivity index (χ2n) is 5.99. The van der Waals surface area contributed by atoms with Crippen molar-refractivity contribution in [1.82, 2.24) is 10.2 Å². The Kier molecular flexibility index (Phi) is 6.26. The van der Waals surface area contributed by atoms with E-state index in [1.165, 1.54) is 0 Å². The average molecular weight is 286 g/mol. The largest absolute Gasteiger partial charge is 0.481 e. The molecule has 6 nitrogen and oxygen atoms in total. The van der Waals surface area contributed by atoms with E-state index in [9.17, 15) is 9.59 Å². The highest BCUT2D eigenvalue weighted by atomic mass is 16.5. The lowest BCUT2D eigenvalue weighted by Crippen LogP contribution is -2.48. The Morgan fingerprint density at radius 1 is 1.35 bits per heavy atom. The van der Waals surface area contributed by atoms with Gasteiger partial charge in [-0.3, -0.25) is 4.79 Å². The molecule has 0 saturated carbocycles. The summed E-state index contributed by atoms with van der Waals surface area (Å²) in [5.41, 5.74) is -0.366. The van der Waals surface area contributed by atoms with Gasteiger partial charge in [0, 0.05) is 33.2 Å². The molecule has 1 saturated heterocycles. The zero-order chi connectivity index (χ0) is 15.2. The molecule has 0 aromatic carbocycles. The number of carboxylic acids is 1. The van der Waals surface area contributed by atoms with E-state index in [0.29, 0.717) is 32.0 Å². The summed E-state index contributed by atoms with van der Waals surface area (Å²) in [5.74, 6) is -0.322. The number of methoxy groups -OCH3 is 1. The molecule has 116 valence electrons. The van der Waals surface area contributed by atoms with Gasteiger partial charge in [-0.2, -0.15) is 0 Å². The molecule has 0 aliphatic carbocycles. The number of hydrogen-bond acceptors (Lipinski definition) is 3. The molecule has 6 heteroatoms. The fourth-order valence-electron chi connectivity index (χ4n) is 2.22. The first kappa shape index (κ1) is 16.8. The van der Waals surface area contributed by atoms with Crippen molar-refractivity contribution in [1.29, 1.82) is 0 Å². The molecular formula is C14H26N2O4. The molecule has 0 bridgehead atoms. The van der Waals surface area contributed by atoms with Crippen molar-refractivity contribution >= 4 is 12.0 Å². The van der Waals surface area contributed by atoms with Gasteiger partial charge in [0.2, 0.25) is 0 Å². The Morgan fingerprint density at radius 2 is 1.95 bits per heavy atom. The van der Waals surface area contributed by atoms with Crippen molar-refractivity contribution < 1.29 is 19.4 Å². The molecule has 2 N–H and O–H groups in total. The number of nitrogens with one attached hydrogen (secondary N) is 1. The number of likely N-dealkylation sites (tertiary alicyclic amines) is 1. The minimum Gasteiger partial charge on any atom is -0.481 e. The molecule has 1 aliphatic rings. The van der Waals surface area contributed by atoms with Gasteiger partial charge in [-0.1, -0.05) is 0 Å². The van der Waals surface area contributed by atoms with E-state index in [4.69, 9.17) is 9.84 Å². The Balaban J connectivity index is 2.27. The number of piperidine rings is 1. The maximum atomic E-state index is 12.0. The van der Waals surface area contributed by atoms with Crippen molar-refractivity contribution in [2.24, 2.45) is 5.92 Å². The molecule has 1 fully saturated rings. The summed E-state index contributed by atoms with van der Waals surface area (Å²) in [7, 11) is 1.63. The van der Waals surface area contributed by atoms with E-state index < -0.39 is 5.97 Å². The van der Waals surface area contributed by atoms with Gasteiger partial charge in [0.05, 0.1) is 5.60 Å². The van der Waals surface area contributed by atoms with Crippen LogP contribution in [0, 0.1) is 5.92 Å². The number of carboxylic acid groups (broad SMARTS) is 1. The molecule has 0 unspecified atom stereocenters. The normalized spacial score (nSPS) is 17.1. The summed E-state index contributed by atoms with van der Waals surface area (Å²) in [6, 6.07) is -0.0631. The standard InChI is InChI=1S/C14H26N2O4/c1-14(2,20-3)10-15-13(19)16-8-6-11(7-9-16)4-5-12(17)18/h11H,4-10H2,1-3H3,(H,15,19)(H,17,18). The number of ether oxygens (including phenoxy) is 1. The summed E-state index contributed by atoms with van der Waals surface area (Å²) < 4.78 is 5.26. The van der Waals surface area contributed by atoms with Crippen LogP contribution >= 0.6 is 0 Å². The molecule has 0 aromatic heterocycles. The average Bonchev–Trinajstić information content (AvgIpc) is 2.43. The van der Waals surface area contributed by atoms with Gasteiger partial charge in [0.15, 0.2) is 0 Å². The van der Waals surface area contributed by atoms with Crippen LogP contribution in [0.25, 0.3) is 0 Å². The second-order valence-corrected chi connectivity index (χ2v) is 5.99. The Morgan fingerprint density at radius 3 is 2.45 bits per heavy atom. The SMILES string of the molecule is COC(C)(C)CNC(=O)N1CCC(CCC(=O)O)CC1. The van der Waals surface area contributed by atoms with Crippen molar-refractivity contribution in [2.45, 2.75) is 45.1 Å². The van der Waals surface area contributed by atoms with Crippen molar-refractivity contribution in [3.05, 3.63) is 0 Å². The lowest BCUT2D eigenvalue weighted by atomic mass is 9.92. The van der Waals surface area contributed by atoms with E-state index in [-0.39, 0.29) is 18.1 Å². The molecule has 2 amide bonds. The predicted octanol–water partition coefficient (Wildman–Crippen LogP) is 1.70. The fraction of sp³-hybridized carbons (Fsp3) is 0.857. The van der Waals surface area contributed by atoms with Crippen LogP contribution in [-0.4, -0.2) is 54.4 Å². The molecule has 0 atom stereocenters. The highest BCUT2D eigenvalue weighted by Crippen LogP contribution is 2.21. The van der Waals surface area contributed by atoms with Gasteiger partial charge in [-0.05, 0) is 39.0 Å². The maximum Gasteiger partial charge on any atom is 0.317 e. The van der Waals surface area contributed by atoms with Crippen LogP contribution in [-0.2, 0) is 9.53 Å². The molecule has 0 spiro atoms. The van der Waals surface area contributed by atoms with Crippen molar-refractivity contribution in [3.63, 3.8) is 0 Å². The minimum absolute atomic E-state index is 0.0631. The van der Waals surface area contributed by atoms with Crippen LogP contribution in [0.1, 0.15) is 39.5 Å². The lowest BCUT2D eigenvalue weighted by Gasteiger charge is -2.33. The molecule has 1 rings (SSSR count). The zero-order valence-corrected chi connectivity index (χ0v) is 12.6. The van der Waals surface area contributed by atoms with Crippen LogP contribution in [0.2, 0.25) is 0 Å². The van der Waals surface area contributed by atoms with E-state index in [0.717, 1.165) is 12.8 Å². The van der Waals surface area contributed by atoms with Gasteiger partial charge >= 0.3 is 12.0 Å². The molecule has 0 radical (unpaired) electrons. The van der Waals surface area contributed by atoms with Gasteiger partial charge in [0.25, 0.3) is 0 Å². The van der Waals surface area contributed by atoms with Crippen LogP contribution in [0.3, 0.4) is 0 Å². The Hall–Kier alpha value is -1.30. The molecular weight excluding hydrogens is 260 g/mol. The topological polar surface area (TPSA) is 78.9 Å². The van der Waals surface area contributed by atoms with Gasteiger partial charge in [0.1, 0.15) is 0 Å². The number of rotatable bonds is 6. The zero-order valence-electron chi connectivity index (χ0n) is 12.6. The van der Waals surface area contributed by atoms with Crippen LogP contribution in [0.15, 0.2) is 0 Å².